The molecule has 0 rings (SSSR count). The SMILES string of the molecule is COC(=O)/C(N)=N\N. The van der Waals surface area contributed by atoms with Crippen LogP contribution in [0.5, 0.6) is 0 Å². The number of hydrogen-bond donors (Lipinski definition) is 2. The lowest BCUT2D eigenvalue weighted by Gasteiger charge is -1.92. The first kappa shape index (κ1) is 6.74. The van der Waals surface area contributed by atoms with Crippen molar-refractivity contribution in [3.8, 4) is 0 Å². The van der Waals surface area contributed by atoms with Gasteiger partial charge in [-0.1, -0.05) is 0 Å². The Morgan fingerprint density at radius 1 is 1.75 bits per heavy atom. The fraction of sp³-hybridized carbons (Fsp3) is 0.333. The van der Waals surface area contributed by atoms with Crippen molar-refractivity contribution in [1.29, 1.82) is 0 Å². The maximum Gasteiger partial charge on any atom is 0.375 e. The molecule has 0 bridgehead atoms. The predicted molar refractivity (Wildman–Crippen MR) is 27.8 cm³/mol. The van der Waals surface area contributed by atoms with Crippen LogP contribution in [0.15, 0.2) is 5.10 Å². The molecule has 0 aromatic rings. The molecular weight excluding hydrogens is 110 g/mol. The van der Waals surface area contributed by atoms with Gasteiger partial charge >= 0.3 is 5.97 Å². The van der Waals surface area contributed by atoms with Gasteiger partial charge in [0.25, 0.3) is 0 Å². The molecule has 5 nitrogen and oxygen atoms in total. The van der Waals surface area contributed by atoms with Crippen LogP contribution in [0, 0.1) is 0 Å². The van der Waals surface area contributed by atoms with Crippen LogP contribution in [0.1, 0.15) is 0 Å². The summed E-state index contributed by atoms with van der Waals surface area (Å²) in [6, 6.07) is 0. The minimum atomic E-state index is -0.715. The molecule has 0 aromatic carbocycles. The molecule has 0 atom stereocenters. The fourth-order valence-electron chi connectivity index (χ4n) is 0.157. The van der Waals surface area contributed by atoms with Crippen molar-refractivity contribution in [2.75, 3.05) is 7.11 Å². The van der Waals surface area contributed by atoms with Crippen molar-refractivity contribution in [1.82, 2.24) is 0 Å². The molecule has 0 aliphatic heterocycles. The van der Waals surface area contributed by atoms with Crippen LogP contribution in [0.25, 0.3) is 0 Å². The third kappa shape index (κ3) is 1.46. The molecule has 4 N–H and O–H groups in total. The summed E-state index contributed by atoms with van der Waals surface area (Å²) in [5.41, 5.74) is 4.88. The fourth-order valence-corrected chi connectivity index (χ4v) is 0.157. The van der Waals surface area contributed by atoms with Gasteiger partial charge in [-0.2, -0.15) is 5.10 Å². The molecule has 0 fully saturated rings. The molecule has 0 amide bonds. The lowest BCUT2D eigenvalue weighted by Crippen LogP contribution is -2.26. The van der Waals surface area contributed by atoms with Gasteiger partial charge in [0.1, 0.15) is 0 Å². The van der Waals surface area contributed by atoms with E-state index in [4.69, 9.17) is 5.73 Å². The van der Waals surface area contributed by atoms with Crippen molar-refractivity contribution in [3.05, 3.63) is 0 Å². The number of hydrogen-bond acceptors (Lipinski definition) is 4. The Labute approximate surface area is 46.3 Å². The van der Waals surface area contributed by atoms with Gasteiger partial charge in [-0.15, -0.1) is 0 Å². The number of hydrazone groups is 1. The smallest absolute Gasteiger partial charge is 0.375 e. The standard InChI is InChI=1S/C3H7N3O2/c1-8-3(7)2(4)6-5/h5H2,1H3,(H2,4,6). The molecule has 0 aliphatic carbocycles. The number of nitrogens with zero attached hydrogens (tertiary/aromatic N) is 1. The highest BCUT2D eigenvalue weighted by molar-refractivity contribution is 6.34. The summed E-state index contributed by atoms with van der Waals surface area (Å²) < 4.78 is 4.13. The highest BCUT2D eigenvalue weighted by Gasteiger charge is 2.02. The molecule has 0 aromatic heterocycles. The Balaban J connectivity index is 3.83. The second-order valence-corrected chi connectivity index (χ2v) is 1.01. The van der Waals surface area contributed by atoms with Crippen LogP contribution in [0.4, 0.5) is 0 Å². The first-order valence-corrected chi connectivity index (χ1v) is 1.84. The number of carbonyl (C=O) groups excluding carboxylic acids is 1. The van der Waals surface area contributed by atoms with Crippen molar-refractivity contribution >= 4 is 11.8 Å². The van der Waals surface area contributed by atoms with E-state index in [0.717, 1.165) is 0 Å². The summed E-state index contributed by atoms with van der Waals surface area (Å²) in [6.45, 7) is 0. The molecule has 0 heterocycles. The van der Waals surface area contributed by atoms with Crippen LogP contribution < -0.4 is 11.6 Å². The first-order chi connectivity index (χ1) is 3.72. The van der Waals surface area contributed by atoms with E-state index in [-0.39, 0.29) is 5.84 Å². The first-order valence-electron chi connectivity index (χ1n) is 1.84. The summed E-state index contributed by atoms with van der Waals surface area (Å²) in [5, 5.41) is 2.88. The van der Waals surface area contributed by atoms with E-state index in [1.165, 1.54) is 7.11 Å². The van der Waals surface area contributed by atoms with Crippen LogP contribution in [-0.2, 0) is 9.53 Å². The molecule has 0 saturated heterocycles. The number of esters is 1. The molecule has 0 radical (unpaired) electrons. The van der Waals surface area contributed by atoms with Crippen LogP contribution in [-0.4, -0.2) is 18.9 Å². The molecule has 0 unspecified atom stereocenters. The molecule has 0 saturated carbocycles. The van der Waals surface area contributed by atoms with Crippen LogP contribution in [0.3, 0.4) is 0 Å². The number of amidine groups is 1. The second-order valence-electron chi connectivity index (χ2n) is 1.01. The van der Waals surface area contributed by atoms with Gasteiger partial charge in [-0.3, -0.25) is 0 Å². The lowest BCUT2D eigenvalue weighted by molar-refractivity contribution is -0.132. The van der Waals surface area contributed by atoms with Gasteiger partial charge in [0.05, 0.1) is 7.11 Å². The van der Waals surface area contributed by atoms with E-state index in [9.17, 15) is 4.79 Å². The van der Waals surface area contributed by atoms with Gasteiger partial charge < -0.3 is 16.3 Å². The van der Waals surface area contributed by atoms with Crippen molar-refractivity contribution in [2.45, 2.75) is 0 Å². The number of methoxy groups -OCH3 is 1. The molecule has 5 heteroatoms. The molecule has 46 valence electrons. The Morgan fingerprint density at radius 2 is 2.25 bits per heavy atom. The predicted octanol–water partition coefficient (Wildman–Crippen LogP) is -1.61. The van der Waals surface area contributed by atoms with Crippen molar-refractivity contribution in [2.24, 2.45) is 16.7 Å². The number of ether oxygens (including phenoxy) is 1. The number of rotatable bonds is 0. The van der Waals surface area contributed by atoms with E-state index in [1.807, 2.05) is 0 Å². The molecule has 8 heavy (non-hydrogen) atoms. The summed E-state index contributed by atoms with van der Waals surface area (Å²) in [4.78, 5) is 10.2. The zero-order valence-electron chi connectivity index (χ0n) is 4.42. The summed E-state index contributed by atoms with van der Waals surface area (Å²) in [6.07, 6.45) is 0. The van der Waals surface area contributed by atoms with Crippen molar-refractivity contribution < 1.29 is 9.53 Å². The van der Waals surface area contributed by atoms with Gasteiger partial charge in [0.2, 0.25) is 5.84 Å². The Kier molecular flexibility index (Phi) is 2.39. The van der Waals surface area contributed by atoms with E-state index in [0.29, 0.717) is 0 Å². The zero-order valence-corrected chi connectivity index (χ0v) is 4.42. The monoisotopic (exact) mass is 117 g/mol. The van der Waals surface area contributed by atoms with Gasteiger partial charge in [0, 0.05) is 0 Å². The van der Waals surface area contributed by atoms with E-state index >= 15 is 0 Å². The molecule has 0 spiro atoms. The number of carbonyl (C=O) groups is 1. The van der Waals surface area contributed by atoms with Gasteiger partial charge in [-0.25, -0.2) is 4.79 Å². The minimum Gasteiger partial charge on any atom is -0.463 e. The maximum absolute atomic E-state index is 10.2. The summed E-state index contributed by atoms with van der Waals surface area (Å²) in [5.74, 6) is 3.57. The summed E-state index contributed by atoms with van der Waals surface area (Å²) >= 11 is 0. The maximum atomic E-state index is 10.2. The quantitative estimate of drug-likeness (QED) is 0.131. The molecule has 0 aliphatic rings. The molecular formula is C3H7N3O2. The summed E-state index contributed by atoms with van der Waals surface area (Å²) in [7, 11) is 1.19. The lowest BCUT2D eigenvalue weighted by atomic mass is 10.6. The number of nitrogens with two attached hydrogens (primary N) is 2. The largest absolute Gasteiger partial charge is 0.463 e. The van der Waals surface area contributed by atoms with Gasteiger partial charge in [-0.05, 0) is 0 Å². The van der Waals surface area contributed by atoms with Crippen LogP contribution >= 0.6 is 0 Å². The Morgan fingerprint density at radius 3 is 2.38 bits per heavy atom. The van der Waals surface area contributed by atoms with Gasteiger partial charge in [0.15, 0.2) is 0 Å². The van der Waals surface area contributed by atoms with E-state index < -0.39 is 5.97 Å². The van der Waals surface area contributed by atoms with Crippen LogP contribution in [0.2, 0.25) is 0 Å². The third-order valence-electron chi connectivity index (χ3n) is 0.534. The average molecular weight is 117 g/mol. The highest BCUT2D eigenvalue weighted by Crippen LogP contribution is 1.69. The van der Waals surface area contributed by atoms with Crippen molar-refractivity contribution in [3.63, 3.8) is 0 Å². The normalized spacial score (nSPS) is 10.9. The van der Waals surface area contributed by atoms with E-state index in [2.05, 4.69) is 15.7 Å². The zero-order chi connectivity index (χ0) is 6.57. The Bertz CT molecular complexity index is 120. The topological polar surface area (TPSA) is 90.7 Å². The minimum absolute atomic E-state index is 0.326. The average Bonchev–Trinajstić information content (AvgIpc) is 1.84. The third-order valence-corrected chi connectivity index (χ3v) is 0.534. The second kappa shape index (κ2) is 2.84. The highest BCUT2D eigenvalue weighted by atomic mass is 16.5. The van der Waals surface area contributed by atoms with E-state index in [1.54, 1.807) is 0 Å². The Hall–Kier alpha value is -1.26.